The summed E-state index contributed by atoms with van der Waals surface area (Å²) in [5.74, 6) is 0.122. The average Bonchev–Trinajstić information content (AvgIpc) is 2.29. The van der Waals surface area contributed by atoms with Crippen molar-refractivity contribution in [1.82, 2.24) is 0 Å². The Kier molecular flexibility index (Phi) is 5.59. The number of aliphatic carboxylic acids is 1. The van der Waals surface area contributed by atoms with Crippen LogP contribution in [-0.2, 0) is 11.2 Å². The summed E-state index contributed by atoms with van der Waals surface area (Å²) >= 11 is 1.97. The Labute approximate surface area is 109 Å². The van der Waals surface area contributed by atoms with Gasteiger partial charge in [-0.15, -0.1) is 0 Å². The van der Waals surface area contributed by atoms with Crippen LogP contribution < -0.4 is 4.74 Å². The highest BCUT2D eigenvalue weighted by atomic mass is 127. The molecule has 88 valence electrons. The molecular weight excluding hydrogens is 319 g/mol. The normalized spacial score (nSPS) is 12.1. The summed E-state index contributed by atoms with van der Waals surface area (Å²) < 4.78 is 4.78. The first kappa shape index (κ1) is 13.3. The van der Waals surface area contributed by atoms with Crippen molar-refractivity contribution >= 4 is 28.6 Å². The lowest BCUT2D eigenvalue weighted by atomic mass is 10.1. The zero-order valence-electron chi connectivity index (χ0n) is 9.15. The number of carboxylic acid groups (broad SMARTS) is 1. The van der Waals surface area contributed by atoms with Crippen molar-refractivity contribution in [3.63, 3.8) is 0 Å². The number of carboxylic acids is 1. The van der Waals surface area contributed by atoms with Gasteiger partial charge in [-0.1, -0.05) is 34.7 Å². The lowest BCUT2D eigenvalue weighted by Gasteiger charge is -2.05. The number of alkyl halides is 1. The van der Waals surface area contributed by atoms with Gasteiger partial charge >= 0.3 is 5.97 Å². The molecule has 1 unspecified atom stereocenters. The minimum absolute atomic E-state index is 0.282. The van der Waals surface area contributed by atoms with E-state index in [0.717, 1.165) is 18.6 Å². The molecule has 1 aromatic carbocycles. The Hall–Kier alpha value is -0.780. The largest absolute Gasteiger partial charge is 0.497 e. The molecule has 1 atom stereocenters. The zero-order chi connectivity index (χ0) is 12.0. The number of halogens is 1. The van der Waals surface area contributed by atoms with Gasteiger partial charge in [0.1, 0.15) is 9.67 Å². The maximum absolute atomic E-state index is 10.6. The van der Waals surface area contributed by atoms with E-state index in [-0.39, 0.29) is 3.92 Å². The van der Waals surface area contributed by atoms with E-state index in [2.05, 4.69) is 0 Å². The molecule has 0 amide bonds. The van der Waals surface area contributed by atoms with Crippen LogP contribution in [0.25, 0.3) is 0 Å². The van der Waals surface area contributed by atoms with Gasteiger partial charge in [-0.25, -0.2) is 0 Å². The third-order valence-electron chi connectivity index (χ3n) is 2.35. The molecule has 0 aliphatic rings. The molecule has 16 heavy (non-hydrogen) atoms. The third kappa shape index (κ3) is 4.38. The second-order valence-electron chi connectivity index (χ2n) is 3.55. The smallest absolute Gasteiger partial charge is 0.316 e. The zero-order valence-corrected chi connectivity index (χ0v) is 11.3. The van der Waals surface area contributed by atoms with Crippen molar-refractivity contribution in [1.29, 1.82) is 0 Å². The van der Waals surface area contributed by atoms with Crippen LogP contribution in [0.5, 0.6) is 5.75 Å². The average molecular weight is 334 g/mol. The molecular formula is C12H15IO3. The maximum Gasteiger partial charge on any atom is 0.316 e. The third-order valence-corrected chi connectivity index (χ3v) is 3.51. The van der Waals surface area contributed by atoms with Gasteiger partial charge in [0.05, 0.1) is 7.11 Å². The summed E-state index contributed by atoms with van der Waals surface area (Å²) in [6.45, 7) is 0. The van der Waals surface area contributed by atoms with E-state index < -0.39 is 5.97 Å². The Bertz CT molecular complexity index is 335. The minimum atomic E-state index is -0.727. The van der Waals surface area contributed by atoms with Crippen molar-refractivity contribution in [2.75, 3.05) is 7.11 Å². The molecule has 1 rings (SSSR count). The molecule has 0 heterocycles. The number of ether oxygens (including phenoxy) is 1. The molecule has 4 heteroatoms. The van der Waals surface area contributed by atoms with Crippen molar-refractivity contribution in [2.24, 2.45) is 0 Å². The highest BCUT2D eigenvalue weighted by molar-refractivity contribution is 14.1. The quantitative estimate of drug-likeness (QED) is 0.643. The number of hydrogen-bond donors (Lipinski definition) is 1. The van der Waals surface area contributed by atoms with E-state index in [1.165, 1.54) is 5.56 Å². The summed E-state index contributed by atoms with van der Waals surface area (Å²) in [5.41, 5.74) is 1.22. The molecule has 0 fully saturated rings. The fourth-order valence-corrected chi connectivity index (χ4v) is 1.84. The summed E-state index contributed by atoms with van der Waals surface area (Å²) in [5, 5.41) is 8.72. The fraction of sp³-hybridized carbons (Fsp3) is 0.417. The molecule has 0 aromatic heterocycles. The van der Waals surface area contributed by atoms with E-state index in [1.807, 2.05) is 46.9 Å². The Morgan fingerprint density at radius 3 is 2.56 bits per heavy atom. The lowest BCUT2D eigenvalue weighted by Crippen LogP contribution is -2.12. The van der Waals surface area contributed by atoms with Crippen molar-refractivity contribution in [3.05, 3.63) is 29.8 Å². The topological polar surface area (TPSA) is 46.5 Å². The van der Waals surface area contributed by atoms with Crippen LogP contribution in [0.2, 0.25) is 0 Å². The Balaban J connectivity index is 2.34. The van der Waals surface area contributed by atoms with Gasteiger partial charge in [0, 0.05) is 0 Å². The lowest BCUT2D eigenvalue weighted by molar-refractivity contribution is -0.136. The Morgan fingerprint density at radius 2 is 2.06 bits per heavy atom. The molecule has 0 spiro atoms. The Morgan fingerprint density at radius 1 is 1.44 bits per heavy atom. The van der Waals surface area contributed by atoms with Gasteiger partial charge in [0.25, 0.3) is 0 Å². The van der Waals surface area contributed by atoms with Crippen LogP contribution in [0.15, 0.2) is 24.3 Å². The standard InChI is InChI=1S/C12H15IO3/c1-16-10-7-5-9(6-8-10)3-2-4-11(13)12(14)15/h5-8,11H,2-4H2,1H3,(H,14,15). The summed E-state index contributed by atoms with van der Waals surface area (Å²) in [6, 6.07) is 7.88. The van der Waals surface area contributed by atoms with Crippen LogP contribution in [0.4, 0.5) is 0 Å². The molecule has 0 saturated carbocycles. The van der Waals surface area contributed by atoms with Gasteiger partial charge in [-0.05, 0) is 37.0 Å². The highest BCUT2D eigenvalue weighted by Gasteiger charge is 2.11. The number of methoxy groups -OCH3 is 1. The summed E-state index contributed by atoms with van der Waals surface area (Å²) in [6.07, 6.45) is 2.52. The van der Waals surface area contributed by atoms with Gasteiger partial charge < -0.3 is 9.84 Å². The van der Waals surface area contributed by atoms with Crippen LogP contribution in [0.1, 0.15) is 18.4 Å². The number of hydrogen-bond acceptors (Lipinski definition) is 2. The molecule has 1 N–H and O–H groups in total. The van der Waals surface area contributed by atoms with Gasteiger partial charge in [-0.3, -0.25) is 4.79 Å². The fourth-order valence-electron chi connectivity index (χ4n) is 1.40. The van der Waals surface area contributed by atoms with E-state index >= 15 is 0 Å². The molecule has 1 aromatic rings. The second kappa shape index (κ2) is 6.73. The van der Waals surface area contributed by atoms with Crippen LogP contribution in [0.3, 0.4) is 0 Å². The first-order valence-electron chi connectivity index (χ1n) is 5.13. The van der Waals surface area contributed by atoms with E-state index in [4.69, 9.17) is 9.84 Å². The second-order valence-corrected chi connectivity index (χ2v) is 5.05. The van der Waals surface area contributed by atoms with E-state index in [9.17, 15) is 4.79 Å². The van der Waals surface area contributed by atoms with E-state index in [0.29, 0.717) is 6.42 Å². The molecule has 3 nitrogen and oxygen atoms in total. The molecule has 0 aliphatic heterocycles. The number of aryl methyl sites for hydroxylation is 1. The van der Waals surface area contributed by atoms with Gasteiger partial charge in [-0.2, -0.15) is 0 Å². The highest BCUT2D eigenvalue weighted by Crippen LogP contribution is 2.15. The maximum atomic E-state index is 10.6. The summed E-state index contributed by atoms with van der Waals surface area (Å²) in [7, 11) is 1.64. The molecule has 0 saturated heterocycles. The molecule has 0 radical (unpaired) electrons. The predicted octanol–water partition coefficient (Wildman–Crippen LogP) is 2.91. The van der Waals surface area contributed by atoms with Crippen LogP contribution >= 0.6 is 22.6 Å². The van der Waals surface area contributed by atoms with Crippen LogP contribution in [-0.4, -0.2) is 22.1 Å². The van der Waals surface area contributed by atoms with Gasteiger partial charge in [0.15, 0.2) is 0 Å². The first-order valence-corrected chi connectivity index (χ1v) is 6.38. The van der Waals surface area contributed by atoms with Crippen molar-refractivity contribution in [2.45, 2.75) is 23.2 Å². The molecule has 0 aliphatic carbocycles. The number of benzene rings is 1. The number of carbonyl (C=O) groups is 1. The minimum Gasteiger partial charge on any atom is -0.497 e. The van der Waals surface area contributed by atoms with Crippen molar-refractivity contribution in [3.8, 4) is 5.75 Å². The molecule has 0 bridgehead atoms. The predicted molar refractivity (Wildman–Crippen MR) is 71.4 cm³/mol. The van der Waals surface area contributed by atoms with Crippen LogP contribution in [0, 0.1) is 0 Å². The first-order chi connectivity index (χ1) is 7.63. The monoisotopic (exact) mass is 334 g/mol. The van der Waals surface area contributed by atoms with E-state index in [1.54, 1.807) is 7.11 Å². The van der Waals surface area contributed by atoms with Crippen molar-refractivity contribution < 1.29 is 14.6 Å². The van der Waals surface area contributed by atoms with Gasteiger partial charge in [0.2, 0.25) is 0 Å². The summed E-state index contributed by atoms with van der Waals surface area (Å²) in [4.78, 5) is 10.6. The SMILES string of the molecule is COc1ccc(CCCC(I)C(=O)O)cc1. The number of rotatable bonds is 6.